The molecule has 0 saturated heterocycles. The topological polar surface area (TPSA) is 98.1 Å². The van der Waals surface area contributed by atoms with Crippen LogP contribution < -0.4 is 0 Å². The van der Waals surface area contributed by atoms with Crippen molar-refractivity contribution in [1.82, 2.24) is 4.31 Å². The molecule has 0 aliphatic heterocycles. The first kappa shape index (κ1) is 10.8. The average molecular weight is 185 g/mol. The van der Waals surface area contributed by atoms with Crippen molar-refractivity contribution in [1.29, 1.82) is 0 Å². The number of aliphatic hydroxyl groups is 2. The molecule has 0 spiro atoms. The Morgan fingerprint density at radius 1 is 1.09 bits per heavy atom. The summed E-state index contributed by atoms with van der Waals surface area (Å²) in [5.74, 6) is 0. The molecular weight excluding hydrogens is 174 g/mol. The summed E-state index contributed by atoms with van der Waals surface area (Å²) in [6.07, 6.45) is 0. The van der Waals surface area contributed by atoms with Gasteiger partial charge in [0.2, 0.25) is 0 Å². The number of rotatable bonds is 5. The summed E-state index contributed by atoms with van der Waals surface area (Å²) in [6.45, 7) is -1.20. The van der Waals surface area contributed by atoms with Gasteiger partial charge in [0.05, 0.1) is 13.2 Å². The highest BCUT2D eigenvalue weighted by Crippen LogP contribution is 1.94. The number of hydrogen-bond donors (Lipinski definition) is 3. The molecule has 11 heavy (non-hydrogen) atoms. The molecule has 0 aliphatic rings. The first-order valence-electron chi connectivity index (χ1n) is 2.96. The average Bonchev–Trinajstić information content (AvgIpc) is 1.85. The van der Waals surface area contributed by atoms with Gasteiger partial charge < -0.3 is 10.2 Å². The Morgan fingerprint density at radius 3 is 1.64 bits per heavy atom. The fraction of sp³-hybridized carbons (Fsp3) is 1.00. The van der Waals surface area contributed by atoms with Crippen LogP contribution in [0.25, 0.3) is 0 Å². The van der Waals surface area contributed by atoms with E-state index in [9.17, 15) is 8.42 Å². The maximum atomic E-state index is 10.4. The van der Waals surface area contributed by atoms with E-state index in [0.29, 0.717) is 4.31 Å². The fourth-order valence-corrected chi connectivity index (χ4v) is 1.19. The van der Waals surface area contributed by atoms with Crippen molar-refractivity contribution < 1.29 is 23.2 Å². The molecule has 6 nitrogen and oxygen atoms in total. The third-order valence-corrected chi connectivity index (χ3v) is 2.04. The second kappa shape index (κ2) is 4.62. The van der Waals surface area contributed by atoms with Crippen LogP contribution in [0.5, 0.6) is 0 Å². The molecule has 0 aliphatic carbocycles. The van der Waals surface area contributed by atoms with Gasteiger partial charge in [-0.15, -0.1) is 0 Å². The minimum atomic E-state index is -4.28. The largest absolute Gasteiger partial charge is 0.395 e. The zero-order valence-electron chi connectivity index (χ0n) is 5.84. The van der Waals surface area contributed by atoms with Crippen molar-refractivity contribution >= 4 is 10.3 Å². The molecule has 0 heterocycles. The zero-order valence-corrected chi connectivity index (χ0v) is 6.66. The van der Waals surface area contributed by atoms with Crippen molar-refractivity contribution in [3.05, 3.63) is 0 Å². The summed E-state index contributed by atoms with van der Waals surface area (Å²) in [7, 11) is -4.28. The SMILES string of the molecule is O=S(=O)(O)N(CCO)CCO. The maximum absolute atomic E-state index is 10.4. The molecule has 0 fully saturated rings. The lowest BCUT2D eigenvalue weighted by atomic mass is 10.6. The van der Waals surface area contributed by atoms with Crippen LogP contribution in [0.3, 0.4) is 0 Å². The van der Waals surface area contributed by atoms with E-state index < -0.39 is 10.3 Å². The molecule has 0 saturated carbocycles. The highest BCUT2D eigenvalue weighted by molar-refractivity contribution is 7.83. The lowest BCUT2D eigenvalue weighted by Gasteiger charge is -2.14. The zero-order chi connectivity index (χ0) is 8.91. The first-order valence-corrected chi connectivity index (χ1v) is 4.36. The van der Waals surface area contributed by atoms with E-state index in [2.05, 4.69) is 0 Å². The van der Waals surface area contributed by atoms with Gasteiger partial charge in [-0.25, -0.2) is 0 Å². The van der Waals surface area contributed by atoms with Crippen molar-refractivity contribution in [3.63, 3.8) is 0 Å². The van der Waals surface area contributed by atoms with E-state index in [-0.39, 0.29) is 26.3 Å². The Bertz CT molecular complexity index is 183. The normalized spacial score (nSPS) is 12.4. The highest BCUT2D eigenvalue weighted by atomic mass is 32.2. The molecule has 0 bridgehead atoms. The molecule has 0 atom stereocenters. The van der Waals surface area contributed by atoms with E-state index in [1.807, 2.05) is 0 Å². The predicted octanol–water partition coefficient (Wildman–Crippen LogP) is -1.92. The van der Waals surface area contributed by atoms with Crippen LogP contribution >= 0.6 is 0 Å². The van der Waals surface area contributed by atoms with Crippen LogP contribution in [0, 0.1) is 0 Å². The van der Waals surface area contributed by atoms with Gasteiger partial charge in [-0.05, 0) is 0 Å². The van der Waals surface area contributed by atoms with Gasteiger partial charge in [0.15, 0.2) is 0 Å². The molecule has 7 heteroatoms. The van der Waals surface area contributed by atoms with Crippen LogP contribution in [0.1, 0.15) is 0 Å². The van der Waals surface area contributed by atoms with Gasteiger partial charge in [-0.2, -0.15) is 12.7 Å². The van der Waals surface area contributed by atoms with E-state index >= 15 is 0 Å². The van der Waals surface area contributed by atoms with Gasteiger partial charge in [0.25, 0.3) is 0 Å². The van der Waals surface area contributed by atoms with Crippen molar-refractivity contribution in [2.75, 3.05) is 26.3 Å². The smallest absolute Gasteiger partial charge is 0.336 e. The highest BCUT2D eigenvalue weighted by Gasteiger charge is 2.16. The number of nitrogens with zero attached hydrogens (tertiary/aromatic N) is 1. The Hall–Kier alpha value is -0.210. The summed E-state index contributed by atoms with van der Waals surface area (Å²) in [5.41, 5.74) is 0. The molecule has 0 radical (unpaired) electrons. The fourth-order valence-electron chi connectivity index (χ4n) is 0.566. The van der Waals surface area contributed by atoms with Crippen LogP contribution in [-0.2, 0) is 10.3 Å². The van der Waals surface area contributed by atoms with Crippen LogP contribution in [0.4, 0.5) is 0 Å². The summed E-state index contributed by atoms with van der Waals surface area (Å²) in [4.78, 5) is 0. The van der Waals surface area contributed by atoms with Gasteiger partial charge in [-0.1, -0.05) is 0 Å². The van der Waals surface area contributed by atoms with Crippen molar-refractivity contribution in [3.8, 4) is 0 Å². The summed E-state index contributed by atoms with van der Waals surface area (Å²) >= 11 is 0. The Kier molecular flexibility index (Phi) is 4.54. The quantitative estimate of drug-likeness (QED) is 0.433. The molecular formula is C4H11NO5S. The summed E-state index contributed by atoms with van der Waals surface area (Å²) in [6, 6.07) is 0. The van der Waals surface area contributed by atoms with Crippen LogP contribution in [0.15, 0.2) is 0 Å². The van der Waals surface area contributed by atoms with Gasteiger partial charge in [0, 0.05) is 13.1 Å². The Balaban J connectivity index is 4.11. The van der Waals surface area contributed by atoms with E-state index in [1.165, 1.54) is 0 Å². The van der Waals surface area contributed by atoms with Gasteiger partial charge in [-0.3, -0.25) is 4.55 Å². The molecule has 0 aromatic rings. The van der Waals surface area contributed by atoms with Crippen LogP contribution in [0.2, 0.25) is 0 Å². The minimum absolute atomic E-state index is 0.209. The molecule has 68 valence electrons. The van der Waals surface area contributed by atoms with E-state index in [1.54, 1.807) is 0 Å². The van der Waals surface area contributed by atoms with Gasteiger partial charge >= 0.3 is 10.3 Å². The monoisotopic (exact) mass is 185 g/mol. The summed E-state index contributed by atoms with van der Waals surface area (Å²) < 4.78 is 29.7. The minimum Gasteiger partial charge on any atom is -0.395 e. The molecule has 0 aromatic carbocycles. The first-order chi connectivity index (χ1) is 5.02. The second-order valence-corrected chi connectivity index (χ2v) is 3.24. The van der Waals surface area contributed by atoms with Crippen molar-refractivity contribution in [2.45, 2.75) is 0 Å². The maximum Gasteiger partial charge on any atom is 0.336 e. The third-order valence-electron chi connectivity index (χ3n) is 1.03. The number of aliphatic hydroxyl groups excluding tert-OH is 2. The number of hydrogen-bond acceptors (Lipinski definition) is 4. The van der Waals surface area contributed by atoms with E-state index in [4.69, 9.17) is 14.8 Å². The Labute approximate surface area is 64.9 Å². The second-order valence-electron chi connectivity index (χ2n) is 1.82. The van der Waals surface area contributed by atoms with Crippen molar-refractivity contribution in [2.24, 2.45) is 0 Å². The van der Waals surface area contributed by atoms with E-state index in [0.717, 1.165) is 0 Å². The lowest BCUT2D eigenvalue weighted by molar-refractivity contribution is 0.208. The van der Waals surface area contributed by atoms with Crippen LogP contribution in [-0.4, -0.2) is 53.8 Å². The molecule has 3 N–H and O–H groups in total. The molecule has 0 rings (SSSR count). The standard InChI is InChI=1S/C4H11NO5S/c6-3-1-5(2-4-7)11(8,9)10/h6-7H,1-4H2,(H,8,9,10). The Morgan fingerprint density at radius 2 is 1.45 bits per heavy atom. The predicted molar refractivity (Wildman–Crippen MR) is 37.3 cm³/mol. The molecule has 0 amide bonds. The summed E-state index contributed by atoms with van der Waals surface area (Å²) in [5, 5.41) is 16.7. The van der Waals surface area contributed by atoms with Gasteiger partial charge in [0.1, 0.15) is 0 Å². The molecule has 0 unspecified atom stereocenters. The molecule has 0 aromatic heterocycles. The third kappa shape index (κ3) is 4.27. The lowest BCUT2D eigenvalue weighted by Crippen LogP contribution is -2.35.